The third-order valence-electron chi connectivity index (χ3n) is 5.64. The molecule has 0 aliphatic carbocycles. The minimum atomic E-state index is 0. The van der Waals surface area contributed by atoms with E-state index in [4.69, 9.17) is 13.9 Å². The van der Waals surface area contributed by atoms with Gasteiger partial charge < -0.3 is 24.1 Å². The fraction of sp³-hybridized carbons (Fsp3) is 0.409. The fourth-order valence-electron chi connectivity index (χ4n) is 3.96. The Morgan fingerprint density at radius 2 is 2.00 bits per heavy atom. The monoisotopic (exact) mass is 565 g/mol. The summed E-state index contributed by atoms with van der Waals surface area (Å²) in [6.45, 7) is 5.74. The van der Waals surface area contributed by atoms with Gasteiger partial charge in [-0.3, -0.25) is 15.0 Å². The van der Waals surface area contributed by atoms with Crippen LogP contribution in [0.4, 0.5) is 0 Å². The highest BCUT2D eigenvalue weighted by Crippen LogP contribution is 2.32. The Kier molecular flexibility index (Phi) is 7.70. The SMILES string of the molecule is CN=C(NCCc1nc(-c2ccco2)n[nH]1)N1CCN(Cc2ccc3c(c2)OCO3)CC1.I. The maximum Gasteiger partial charge on any atom is 0.231 e. The molecule has 2 N–H and O–H groups in total. The topological polar surface area (TPSA) is 104 Å². The lowest BCUT2D eigenvalue weighted by molar-refractivity contribution is 0.171. The van der Waals surface area contributed by atoms with Gasteiger partial charge in [0.05, 0.1) is 6.26 Å². The number of furan rings is 1. The number of aliphatic imine (C=N–C) groups is 1. The minimum absolute atomic E-state index is 0. The van der Waals surface area contributed by atoms with Gasteiger partial charge in [0, 0.05) is 52.7 Å². The van der Waals surface area contributed by atoms with E-state index >= 15 is 0 Å². The molecule has 1 saturated heterocycles. The van der Waals surface area contributed by atoms with Crippen molar-refractivity contribution in [3.63, 3.8) is 0 Å². The van der Waals surface area contributed by atoms with E-state index in [0.29, 0.717) is 18.4 Å². The number of fused-ring (bicyclic) bond motifs is 1. The summed E-state index contributed by atoms with van der Waals surface area (Å²) in [6.07, 6.45) is 2.34. The van der Waals surface area contributed by atoms with Crippen LogP contribution >= 0.6 is 24.0 Å². The standard InChI is InChI=1S/C22H27N7O3.HI/c1-23-22(24-7-6-20-25-21(27-26-20)18-3-2-12-30-18)29-10-8-28(9-11-29)14-16-4-5-17-19(13-16)32-15-31-17;/h2-5,12-13H,6-11,14-15H2,1H3,(H,23,24)(H,25,26,27);1H. The molecular weight excluding hydrogens is 537 g/mol. The molecule has 3 aromatic rings. The van der Waals surface area contributed by atoms with Crippen molar-refractivity contribution in [3.05, 3.63) is 48.0 Å². The number of rotatable bonds is 6. The molecule has 0 spiro atoms. The number of nitrogens with zero attached hydrogens (tertiary/aromatic N) is 5. The van der Waals surface area contributed by atoms with Gasteiger partial charge in [0.15, 0.2) is 23.2 Å². The van der Waals surface area contributed by atoms with Crippen LogP contribution in [0.5, 0.6) is 11.5 Å². The molecule has 2 aromatic heterocycles. The normalized spacial score (nSPS) is 16.0. The Morgan fingerprint density at radius 3 is 2.79 bits per heavy atom. The summed E-state index contributed by atoms with van der Waals surface area (Å²) in [6, 6.07) is 9.86. The maximum absolute atomic E-state index is 5.49. The Morgan fingerprint density at radius 1 is 1.15 bits per heavy atom. The van der Waals surface area contributed by atoms with E-state index in [9.17, 15) is 0 Å². The molecule has 5 rings (SSSR count). The van der Waals surface area contributed by atoms with E-state index < -0.39 is 0 Å². The zero-order valence-electron chi connectivity index (χ0n) is 18.5. The van der Waals surface area contributed by atoms with Crippen LogP contribution in [0.25, 0.3) is 11.6 Å². The molecule has 2 aliphatic rings. The van der Waals surface area contributed by atoms with Crippen LogP contribution in [0.15, 0.2) is 46.0 Å². The lowest BCUT2D eigenvalue weighted by Crippen LogP contribution is -2.52. The average Bonchev–Trinajstić information content (AvgIpc) is 3.59. The third kappa shape index (κ3) is 5.58. The smallest absolute Gasteiger partial charge is 0.231 e. The Hall–Kier alpha value is -2.80. The number of ether oxygens (including phenoxy) is 2. The number of benzene rings is 1. The van der Waals surface area contributed by atoms with Crippen molar-refractivity contribution < 1.29 is 13.9 Å². The van der Waals surface area contributed by atoms with Crippen LogP contribution in [-0.2, 0) is 13.0 Å². The van der Waals surface area contributed by atoms with Crippen LogP contribution in [0, 0.1) is 0 Å². The van der Waals surface area contributed by atoms with Crippen molar-refractivity contribution in [2.45, 2.75) is 13.0 Å². The number of hydrogen-bond donors (Lipinski definition) is 2. The van der Waals surface area contributed by atoms with E-state index in [1.54, 1.807) is 6.26 Å². The quantitative estimate of drug-likeness (QED) is 0.267. The molecule has 4 heterocycles. The summed E-state index contributed by atoms with van der Waals surface area (Å²) in [5.41, 5.74) is 1.24. The molecule has 1 fully saturated rings. The van der Waals surface area contributed by atoms with Crippen molar-refractivity contribution >= 4 is 29.9 Å². The highest BCUT2D eigenvalue weighted by atomic mass is 127. The van der Waals surface area contributed by atoms with Gasteiger partial charge in [-0.25, -0.2) is 4.98 Å². The average molecular weight is 565 g/mol. The van der Waals surface area contributed by atoms with Gasteiger partial charge in [0.25, 0.3) is 0 Å². The van der Waals surface area contributed by atoms with Crippen LogP contribution in [0.2, 0.25) is 0 Å². The molecule has 0 amide bonds. The first kappa shape index (κ1) is 23.4. The second-order valence-corrected chi connectivity index (χ2v) is 7.76. The molecule has 11 heteroatoms. The van der Waals surface area contributed by atoms with Gasteiger partial charge in [-0.2, -0.15) is 5.10 Å². The van der Waals surface area contributed by atoms with Crippen molar-refractivity contribution in [1.82, 2.24) is 30.3 Å². The molecule has 33 heavy (non-hydrogen) atoms. The van der Waals surface area contributed by atoms with Crippen LogP contribution < -0.4 is 14.8 Å². The number of aromatic nitrogens is 3. The van der Waals surface area contributed by atoms with Crippen LogP contribution in [0.1, 0.15) is 11.4 Å². The summed E-state index contributed by atoms with van der Waals surface area (Å²) >= 11 is 0. The van der Waals surface area contributed by atoms with Gasteiger partial charge >= 0.3 is 0 Å². The van der Waals surface area contributed by atoms with Gasteiger partial charge in [0.2, 0.25) is 12.6 Å². The lowest BCUT2D eigenvalue weighted by atomic mass is 10.1. The number of aromatic amines is 1. The predicted octanol–water partition coefficient (Wildman–Crippen LogP) is 2.35. The molecule has 0 radical (unpaired) electrons. The summed E-state index contributed by atoms with van der Waals surface area (Å²) in [5, 5.41) is 10.6. The van der Waals surface area contributed by atoms with Crippen molar-refractivity contribution in [1.29, 1.82) is 0 Å². The first-order chi connectivity index (χ1) is 15.8. The molecule has 0 unspecified atom stereocenters. The minimum Gasteiger partial charge on any atom is -0.461 e. The Labute approximate surface area is 209 Å². The van der Waals surface area contributed by atoms with Gasteiger partial charge in [0.1, 0.15) is 5.82 Å². The summed E-state index contributed by atoms with van der Waals surface area (Å²) in [7, 11) is 1.82. The van der Waals surface area contributed by atoms with Gasteiger partial charge in [-0.05, 0) is 29.8 Å². The molecule has 0 saturated carbocycles. The first-order valence-electron chi connectivity index (χ1n) is 10.8. The van der Waals surface area contributed by atoms with E-state index in [-0.39, 0.29) is 24.0 Å². The van der Waals surface area contributed by atoms with Crippen molar-refractivity contribution in [2.24, 2.45) is 4.99 Å². The number of H-pyrrole nitrogens is 1. The van der Waals surface area contributed by atoms with E-state index in [1.165, 1.54) is 5.56 Å². The second kappa shape index (κ2) is 10.9. The van der Waals surface area contributed by atoms with Crippen molar-refractivity contribution in [3.8, 4) is 23.1 Å². The summed E-state index contributed by atoms with van der Waals surface area (Å²) < 4.78 is 16.2. The molecule has 0 atom stereocenters. The molecule has 1 aromatic carbocycles. The zero-order valence-corrected chi connectivity index (χ0v) is 20.8. The second-order valence-electron chi connectivity index (χ2n) is 7.76. The van der Waals surface area contributed by atoms with Gasteiger partial charge in [-0.15, -0.1) is 24.0 Å². The number of halogens is 1. The van der Waals surface area contributed by atoms with E-state index in [1.807, 2.05) is 25.2 Å². The van der Waals surface area contributed by atoms with Crippen molar-refractivity contribution in [2.75, 3.05) is 46.6 Å². The molecular formula is C22H28IN7O3. The number of hydrogen-bond acceptors (Lipinski definition) is 7. The van der Waals surface area contributed by atoms with Crippen LogP contribution in [-0.4, -0.2) is 77.5 Å². The third-order valence-corrected chi connectivity index (χ3v) is 5.64. The Balaban J connectivity index is 0.00000259. The first-order valence-corrected chi connectivity index (χ1v) is 10.8. The van der Waals surface area contributed by atoms with Crippen LogP contribution in [0.3, 0.4) is 0 Å². The number of guanidine groups is 1. The summed E-state index contributed by atoms with van der Waals surface area (Å²) in [4.78, 5) is 13.7. The molecule has 2 aliphatic heterocycles. The largest absolute Gasteiger partial charge is 0.461 e. The maximum atomic E-state index is 5.49. The predicted molar refractivity (Wildman–Crippen MR) is 134 cm³/mol. The van der Waals surface area contributed by atoms with E-state index in [0.717, 1.165) is 69.0 Å². The highest BCUT2D eigenvalue weighted by Gasteiger charge is 2.21. The molecule has 10 nitrogen and oxygen atoms in total. The highest BCUT2D eigenvalue weighted by molar-refractivity contribution is 14.0. The number of nitrogens with one attached hydrogen (secondary N) is 2. The molecule has 0 bridgehead atoms. The zero-order chi connectivity index (χ0) is 21.8. The number of piperazine rings is 1. The van der Waals surface area contributed by atoms with E-state index in [2.05, 4.69) is 47.4 Å². The lowest BCUT2D eigenvalue weighted by Gasteiger charge is -2.36. The molecule has 176 valence electrons. The fourth-order valence-corrected chi connectivity index (χ4v) is 3.96. The summed E-state index contributed by atoms with van der Waals surface area (Å²) in [5.74, 6) is 4.64. The Bertz CT molecular complexity index is 1060. The van der Waals surface area contributed by atoms with Gasteiger partial charge in [-0.1, -0.05) is 6.07 Å².